The zero-order valence-electron chi connectivity index (χ0n) is 15.7. The Kier molecular flexibility index (Phi) is 4.28. The summed E-state index contributed by atoms with van der Waals surface area (Å²) in [5, 5.41) is 4.16. The van der Waals surface area contributed by atoms with Crippen molar-refractivity contribution in [1.29, 1.82) is 0 Å². The first kappa shape index (κ1) is 17.5. The van der Waals surface area contributed by atoms with Gasteiger partial charge in [0.2, 0.25) is 12.7 Å². The topological polar surface area (TPSA) is 59.9 Å². The lowest BCUT2D eigenvalue weighted by Crippen LogP contribution is -2.25. The molecule has 0 bridgehead atoms. The molecule has 144 valence electrons. The van der Waals surface area contributed by atoms with Crippen LogP contribution in [0.4, 0.5) is 0 Å². The van der Waals surface area contributed by atoms with Crippen LogP contribution in [0, 0.1) is 5.92 Å². The summed E-state index contributed by atoms with van der Waals surface area (Å²) in [5.74, 6) is 1.19. The number of rotatable bonds is 5. The van der Waals surface area contributed by atoms with Gasteiger partial charge >= 0.3 is 0 Å². The van der Waals surface area contributed by atoms with Crippen LogP contribution in [0.1, 0.15) is 23.1 Å². The fourth-order valence-corrected chi connectivity index (χ4v) is 4.10. The van der Waals surface area contributed by atoms with Crippen LogP contribution in [0.25, 0.3) is 0 Å². The van der Waals surface area contributed by atoms with Crippen molar-refractivity contribution in [3.05, 3.63) is 95.6 Å². The standard InChI is InChI=1S/C24H20N2O3/c27-23(26-25-15-17-11-12-21-22(13-17)29-16-28-21)20-14-24(20,18-7-3-1-4-8-18)19-9-5-2-6-10-19/h1-13,15,20H,14,16H2,(H,26,27)/b25-15-/t20-/m0/s1. The number of ether oxygens (including phenoxy) is 2. The Morgan fingerprint density at radius 1 is 0.931 bits per heavy atom. The molecule has 5 nitrogen and oxygen atoms in total. The number of carbonyl (C=O) groups is 1. The first-order chi connectivity index (χ1) is 14.3. The van der Waals surface area contributed by atoms with Crippen LogP contribution in [-0.4, -0.2) is 18.9 Å². The molecule has 0 unspecified atom stereocenters. The molecule has 1 aliphatic heterocycles. The minimum absolute atomic E-state index is 0.0744. The average Bonchev–Trinajstić information content (AvgIpc) is 3.38. The predicted molar refractivity (Wildman–Crippen MR) is 110 cm³/mol. The third-order valence-electron chi connectivity index (χ3n) is 5.64. The molecule has 1 N–H and O–H groups in total. The molecule has 1 heterocycles. The van der Waals surface area contributed by atoms with Crippen LogP contribution < -0.4 is 14.9 Å². The summed E-state index contributed by atoms with van der Waals surface area (Å²) < 4.78 is 10.7. The van der Waals surface area contributed by atoms with Gasteiger partial charge in [0.15, 0.2) is 11.5 Å². The number of amides is 1. The zero-order valence-corrected chi connectivity index (χ0v) is 15.7. The van der Waals surface area contributed by atoms with Crippen molar-refractivity contribution in [1.82, 2.24) is 5.43 Å². The van der Waals surface area contributed by atoms with E-state index in [1.165, 1.54) is 0 Å². The molecule has 0 saturated heterocycles. The van der Waals surface area contributed by atoms with Crippen LogP contribution in [0.5, 0.6) is 11.5 Å². The summed E-state index contributed by atoms with van der Waals surface area (Å²) >= 11 is 0. The van der Waals surface area contributed by atoms with Crippen LogP contribution >= 0.6 is 0 Å². The Morgan fingerprint density at radius 2 is 1.59 bits per heavy atom. The third kappa shape index (κ3) is 3.14. The molecule has 1 atom stereocenters. The summed E-state index contributed by atoms with van der Waals surface area (Å²) in [6, 6.07) is 26.0. The van der Waals surface area contributed by atoms with Gasteiger partial charge in [-0.05, 0) is 41.3 Å². The summed E-state index contributed by atoms with van der Waals surface area (Å²) in [5.41, 5.74) is 5.58. The van der Waals surface area contributed by atoms with Crippen molar-refractivity contribution in [3.8, 4) is 11.5 Å². The lowest BCUT2D eigenvalue weighted by molar-refractivity contribution is -0.122. The number of hydrogen-bond donors (Lipinski definition) is 1. The minimum Gasteiger partial charge on any atom is -0.454 e. The van der Waals surface area contributed by atoms with E-state index in [0.29, 0.717) is 5.75 Å². The summed E-state index contributed by atoms with van der Waals surface area (Å²) in [6.07, 6.45) is 2.39. The van der Waals surface area contributed by atoms with E-state index >= 15 is 0 Å². The lowest BCUT2D eigenvalue weighted by Gasteiger charge is -2.18. The van der Waals surface area contributed by atoms with Crippen molar-refractivity contribution in [2.45, 2.75) is 11.8 Å². The first-order valence-corrected chi connectivity index (χ1v) is 9.61. The van der Waals surface area contributed by atoms with Gasteiger partial charge in [0, 0.05) is 5.41 Å². The smallest absolute Gasteiger partial charge is 0.244 e. The fraction of sp³-hybridized carbons (Fsp3) is 0.167. The lowest BCUT2D eigenvalue weighted by atomic mass is 9.85. The van der Waals surface area contributed by atoms with E-state index in [1.54, 1.807) is 6.21 Å². The Morgan fingerprint density at radius 3 is 2.28 bits per heavy atom. The highest BCUT2D eigenvalue weighted by atomic mass is 16.7. The van der Waals surface area contributed by atoms with Gasteiger partial charge in [0.25, 0.3) is 0 Å². The molecular formula is C24H20N2O3. The summed E-state index contributed by atoms with van der Waals surface area (Å²) in [4.78, 5) is 12.9. The second-order valence-electron chi connectivity index (χ2n) is 7.31. The molecule has 29 heavy (non-hydrogen) atoms. The first-order valence-electron chi connectivity index (χ1n) is 9.61. The number of hydrazone groups is 1. The molecule has 0 spiro atoms. The molecule has 5 rings (SSSR count). The van der Waals surface area contributed by atoms with Crippen molar-refractivity contribution < 1.29 is 14.3 Å². The average molecular weight is 384 g/mol. The van der Waals surface area contributed by atoms with Gasteiger partial charge in [-0.3, -0.25) is 4.79 Å². The summed E-state index contributed by atoms with van der Waals surface area (Å²) in [6.45, 7) is 0.232. The van der Waals surface area contributed by atoms with Gasteiger partial charge in [-0.15, -0.1) is 0 Å². The van der Waals surface area contributed by atoms with E-state index in [-0.39, 0.29) is 24.0 Å². The van der Waals surface area contributed by atoms with Crippen molar-refractivity contribution in [3.63, 3.8) is 0 Å². The molecule has 3 aromatic rings. The van der Waals surface area contributed by atoms with Gasteiger partial charge in [-0.1, -0.05) is 60.7 Å². The monoisotopic (exact) mass is 384 g/mol. The molecule has 0 aromatic heterocycles. The SMILES string of the molecule is O=C(N/N=C\c1ccc2c(c1)OCO2)[C@@H]1CC1(c1ccccc1)c1ccccc1. The molecule has 2 aliphatic rings. The molecule has 3 aromatic carbocycles. The Hall–Kier alpha value is -3.60. The van der Waals surface area contributed by atoms with Crippen LogP contribution in [0.15, 0.2) is 84.0 Å². The number of benzene rings is 3. The second-order valence-corrected chi connectivity index (χ2v) is 7.31. The number of fused-ring (bicyclic) bond motifs is 1. The highest BCUT2D eigenvalue weighted by Crippen LogP contribution is 2.58. The van der Waals surface area contributed by atoms with E-state index in [4.69, 9.17) is 9.47 Å². The van der Waals surface area contributed by atoms with Crippen molar-refractivity contribution in [2.75, 3.05) is 6.79 Å². The Bertz CT molecular complexity index is 1020. The highest BCUT2D eigenvalue weighted by Gasteiger charge is 2.60. The number of hydrogen-bond acceptors (Lipinski definition) is 4. The molecular weight excluding hydrogens is 364 g/mol. The van der Waals surface area contributed by atoms with Crippen LogP contribution in [0.2, 0.25) is 0 Å². The van der Waals surface area contributed by atoms with Gasteiger partial charge in [0.05, 0.1) is 12.1 Å². The molecule has 0 radical (unpaired) electrons. The normalized spacial score (nSPS) is 18.6. The zero-order chi connectivity index (χ0) is 19.7. The van der Waals surface area contributed by atoms with Gasteiger partial charge in [-0.25, -0.2) is 5.43 Å². The molecule has 1 saturated carbocycles. The van der Waals surface area contributed by atoms with Crippen molar-refractivity contribution >= 4 is 12.1 Å². The Balaban J connectivity index is 1.33. The Labute approximate surface area is 169 Å². The number of nitrogens with one attached hydrogen (secondary N) is 1. The number of carbonyl (C=O) groups excluding carboxylic acids is 1. The fourth-order valence-electron chi connectivity index (χ4n) is 4.10. The van der Waals surface area contributed by atoms with E-state index in [1.807, 2.05) is 54.6 Å². The minimum atomic E-state index is -0.291. The maximum absolute atomic E-state index is 12.9. The largest absolute Gasteiger partial charge is 0.454 e. The predicted octanol–water partition coefficient (Wildman–Crippen LogP) is 3.87. The molecule has 1 aliphatic carbocycles. The molecule has 1 amide bonds. The second kappa shape index (κ2) is 7.09. The van der Waals surface area contributed by atoms with Crippen LogP contribution in [-0.2, 0) is 10.2 Å². The maximum atomic E-state index is 12.9. The summed E-state index contributed by atoms with van der Waals surface area (Å²) in [7, 11) is 0. The van der Waals surface area contributed by atoms with Crippen LogP contribution in [0.3, 0.4) is 0 Å². The number of nitrogens with zero attached hydrogens (tertiary/aromatic N) is 1. The van der Waals surface area contributed by atoms with Crippen molar-refractivity contribution in [2.24, 2.45) is 11.0 Å². The van der Waals surface area contributed by atoms with E-state index in [2.05, 4.69) is 34.8 Å². The van der Waals surface area contributed by atoms with E-state index in [9.17, 15) is 4.79 Å². The van der Waals surface area contributed by atoms with Gasteiger partial charge < -0.3 is 9.47 Å². The van der Waals surface area contributed by atoms with E-state index in [0.717, 1.165) is 28.9 Å². The molecule has 1 fully saturated rings. The van der Waals surface area contributed by atoms with Gasteiger partial charge in [-0.2, -0.15) is 5.10 Å². The highest BCUT2D eigenvalue weighted by molar-refractivity contribution is 5.88. The maximum Gasteiger partial charge on any atom is 0.244 e. The quantitative estimate of drug-likeness (QED) is 0.537. The third-order valence-corrected chi connectivity index (χ3v) is 5.64. The van der Waals surface area contributed by atoms with E-state index < -0.39 is 0 Å². The molecule has 5 heteroatoms. The van der Waals surface area contributed by atoms with Gasteiger partial charge in [0.1, 0.15) is 0 Å².